The third-order valence-corrected chi connectivity index (χ3v) is 5.84. The van der Waals surface area contributed by atoms with Gasteiger partial charge in [-0.3, -0.25) is 4.79 Å². The number of amides is 1. The molecular weight excluding hydrogens is 384 g/mol. The molecule has 2 aromatic heterocycles. The average Bonchev–Trinajstić information content (AvgIpc) is 3.38. The average molecular weight is 402 g/mol. The third kappa shape index (κ3) is 3.69. The van der Waals surface area contributed by atoms with Crippen LogP contribution in [0.3, 0.4) is 0 Å². The van der Waals surface area contributed by atoms with Gasteiger partial charge in [-0.15, -0.1) is 11.3 Å². The zero-order valence-electron chi connectivity index (χ0n) is 15.6. The van der Waals surface area contributed by atoms with Crippen LogP contribution in [0.25, 0.3) is 10.6 Å². The first-order valence-electron chi connectivity index (χ1n) is 9.43. The van der Waals surface area contributed by atoms with Crippen molar-refractivity contribution in [3.05, 3.63) is 89.0 Å². The maximum Gasteiger partial charge on any atom is 0.273 e. The van der Waals surface area contributed by atoms with E-state index in [1.165, 1.54) is 11.3 Å². The summed E-state index contributed by atoms with van der Waals surface area (Å²) in [6, 6.07) is 19.9. The van der Waals surface area contributed by atoms with E-state index in [4.69, 9.17) is 4.52 Å². The first kappa shape index (κ1) is 17.8. The molecule has 0 unspecified atom stereocenters. The molecule has 4 aromatic rings. The topological polar surface area (TPSA) is 72.1 Å². The number of hydrogen-bond acceptors (Lipinski definition) is 6. The van der Waals surface area contributed by atoms with Crippen LogP contribution in [0.5, 0.6) is 0 Å². The van der Waals surface area contributed by atoms with Gasteiger partial charge in [0.15, 0.2) is 5.82 Å². The van der Waals surface area contributed by atoms with E-state index in [-0.39, 0.29) is 11.8 Å². The number of carbonyl (C=O) groups is 1. The molecule has 2 aromatic carbocycles. The van der Waals surface area contributed by atoms with E-state index in [2.05, 4.69) is 15.1 Å². The van der Waals surface area contributed by atoms with Crippen LogP contribution in [-0.4, -0.2) is 39.0 Å². The summed E-state index contributed by atoms with van der Waals surface area (Å²) in [5.41, 5.74) is 2.65. The Labute approximate surface area is 171 Å². The fourth-order valence-electron chi connectivity index (χ4n) is 3.33. The highest BCUT2D eigenvalue weighted by Gasteiger charge is 2.36. The molecule has 0 spiro atoms. The molecule has 0 radical (unpaired) electrons. The molecule has 7 heteroatoms. The highest BCUT2D eigenvalue weighted by Crippen LogP contribution is 2.29. The van der Waals surface area contributed by atoms with E-state index in [9.17, 15) is 4.79 Å². The summed E-state index contributed by atoms with van der Waals surface area (Å²) >= 11 is 1.48. The van der Waals surface area contributed by atoms with Crippen LogP contribution in [0.4, 0.5) is 0 Å². The van der Waals surface area contributed by atoms with E-state index < -0.39 is 0 Å². The number of likely N-dealkylation sites (tertiary alicyclic amines) is 1. The van der Waals surface area contributed by atoms with Crippen LogP contribution in [0.2, 0.25) is 0 Å². The second-order valence-corrected chi connectivity index (χ2v) is 7.88. The molecule has 6 nitrogen and oxygen atoms in total. The van der Waals surface area contributed by atoms with Crippen LogP contribution in [0.1, 0.15) is 33.7 Å². The molecule has 1 fully saturated rings. The largest absolute Gasteiger partial charge is 0.339 e. The van der Waals surface area contributed by atoms with Gasteiger partial charge in [-0.2, -0.15) is 4.98 Å². The van der Waals surface area contributed by atoms with Crippen molar-refractivity contribution in [1.82, 2.24) is 20.0 Å². The second-order valence-electron chi connectivity index (χ2n) is 7.02. The standard InChI is InChI=1S/C22H18N4O2S/c27-22(18-14-29-21(23-18)16-9-5-2-6-10-16)26-12-17(13-26)20-24-19(25-28-20)11-15-7-3-1-4-8-15/h1-10,14,17H,11-13H2. The van der Waals surface area contributed by atoms with Gasteiger partial charge in [0.05, 0.1) is 5.92 Å². The van der Waals surface area contributed by atoms with Crippen LogP contribution in [0.15, 0.2) is 70.6 Å². The molecule has 0 aliphatic carbocycles. The Morgan fingerprint density at radius 3 is 2.52 bits per heavy atom. The second kappa shape index (κ2) is 7.60. The molecular formula is C22H18N4O2S. The molecule has 29 heavy (non-hydrogen) atoms. The van der Waals surface area contributed by atoms with Gasteiger partial charge in [0.2, 0.25) is 5.89 Å². The molecule has 1 amide bonds. The molecule has 1 aliphatic rings. The molecule has 0 saturated carbocycles. The summed E-state index contributed by atoms with van der Waals surface area (Å²) < 4.78 is 5.42. The molecule has 5 rings (SSSR count). The Hall–Kier alpha value is -3.32. The van der Waals surface area contributed by atoms with Crippen LogP contribution in [-0.2, 0) is 6.42 Å². The van der Waals surface area contributed by atoms with Gasteiger partial charge in [0, 0.05) is 30.5 Å². The minimum Gasteiger partial charge on any atom is -0.339 e. The lowest BCUT2D eigenvalue weighted by Gasteiger charge is -2.36. The molecule has 1 saturated heterocycles. The predicted molar refractivity (Wildman–Crippen MR) is 110 cm³/mol. The van der Waals surface area contributed by atoms with Gasteiger partial charge in [-0.1, -0.05) is 65.8 Å². The minimum atomic E-state index is -0.0521. The van der Waals surface area contributed by atoms with Gasteiger partial charge < -0.3 is 9.42 Å². The molecule has 0 bridgehead atoms. The third-order valence-electron chi connectivity index (χ3n) is 4.95. The normalized spacial score (nSPS) is 14.0. The molecule has 3 heterocycles. The monoisotopic (exact) mass is 402 g/mol. The van der Waals surface area contributed by atoms with E-state index >= 15 is 0 Å². The number of nitrogens with zero attached hydrogens (tertiary/aromatic N) is 4. The van der Waals surface area contributed by atoms with Crippen molar-refractivity contribution in [3.8, 4) is 10.6 Å². The van der Waals surface area contributed by atoms with Crippen molar-refractivity contribution in [2.24, 2.45) is 0 Å². The van der Waals surface area contributed by atoms with Crippen LogP contribution in [0, 0.1) is 0 Å². The van der Waals surface area contributed by atoms with E-state index in [1.54, 1.807) is 4.90 Å². The van der Waals surface area contributed by atoms with Crippen molar-refractivity contribution in [2.45, 2.75) is 12.3 Å². The number of carbonyl (C=O) groups excluding carboxylic acids is 1. The highest BCUT2D eigenvalue weighted by molar-refractivity contribution is 7.13. The molecule has 0 atom stereocenters. The maximum absolute atomic E-state index is 12.7. The van der Waals surface area contributed by atoms with Gasteiger partial charge in [0.25, 0.3) is 5.91 Å². The number of thiazole rings is 1. The number of benzene rings is 2. The van der Waals surface area contributed by atoms with Crippen molar-refractivity contribution in [2.75, 3.05) is 13.1 Å². The minimum absolute atomic E-state index is 0.0521. The number of aromatic nitrogens is 3. The highest BCUT2D eigenvalue weighted by atomic mass is 32.1. The van der Waals surface area contributed by atoms with Crippen molar-refractivity contribution < 1.29 is 9.32 Å². The summed E-state index contributed by atoms with van der Waals surface area (Å²) in [5, 5.41) is 6.76. The summed E-state index contributed by atoms with van der Waals surface area (Å²) in [4.78, 5) is 23.5. The van der Waals surface area contributed by atoms with Gasteiger partial charge in [-0.05, 0) is 5.56 Å². The Balaban J connectivity index is 1.20. The lowest BCUT2D eigenvalue weighted by Crippen LogP contribution is -2.48. The first-order valence-corrected chi connectivity index (χ1v) is 10.3. The summed E-state index contributed by atoms with van der Waals surface area (Å²) in [7, 11) is 0. The van der Waals surface area contributed by atoms with E-state index in [0.29, 0.717) is 36.9 Å². The van der Waals surface area contributed by atoms with Crippen molar-refractivity contribution >= 4 is 17.2 Å². The number of hydrogen-bond donors (Lipinski definition) is 0. The summed E-state index contributed by atoms with van der Waals surface area (Å²) in [5.74, 6) is 1.30. The van der Waals surface area contributed by atoms with Crippen LogP contribution >= 0.6 is 11.3 Å². The SMILES string of the molecule is O=C(c1csc(-c2ccccc2)n1)N1CC(c2nc(Cc3ccccc3)no2)C1. The Morgan fingerprint density at radius 1 is 1.03 bits per heavy atom. The number of rotatable bonds is 5. The Bertz CT molecular complexity index is 1120. The quantitative estimate of drug-likeness (QED) is 0.504. The summed E-state index contributed by atoms with van der Waals surface area (Å²) in [6.07, 6.45) is 0.640. The Kier molecular flexibility index (Phi) is 4.65. The fraction of sp³-hybridized carbons (Fsp3) is 0.182. The van der Waals surface area contributed by atoms with Gasteiger partial charge in [-0.25, -0.2) is 4.98 Å². The zero-order chi connectivity index (χ0) is 19.6. The zero-order valence-corrected chi connectivity index (χ0v) is 16.4. The van der Waals surface area contributed by atoms with Crippen LogP contribution < -0.4 is 0 Å². The lowest BCUT2D eigenvalue weighted by atomic mass is 10.00. The van der Waals surface area contributed by atoms with E-state index in [0.717, 1.165) is 16.1 Å². The summed E-state index contributed by atoms with van der Waals surface area (Å²) in [6.45, 7) is 1.15. The smallest absolute Gasteiger partial charge is 0.273 e. The molecule has 0 N–H and O–H groups in total. The molecule has 144 valence electrons. The predicted octanol–water partition coefficient (Wildman–Crippen LogP) is 4.02. The van der Waals surface area contributed by atoms with Gasteiger partial charge in [0.1, 0.15) is 10.7 Å². The van der Waals surface area contributed by atoms with Crippen molar-refractivity contribution in [1.29, 1.82) is 0 Å². The lowest BCUT2D eigenvalue weighted by molar-refractivity contribution is 0.0564. The van der Waals surface area contributed by atoms with Gasteiger partial charge >= 0.3 is 0 Å². The first-order chi connectivity index (χ1) is 14.3. The van der Waals surface area contributed by atoms with E-state index in [1.807, 2.05) is 66.0 Å². The maximum atomic E-state index is 12.7. The van der Waals surface area contributed by atoms with Crippen molar-refractivity contribution in [3.63, 3.8) is 0 Å². The fourth-order valence-corrected chi connectivity index (χ4v) is 4.13. The Morgan fingerprint density at radius 2 is 1.76 bits per heavy atom. The molecule has 1 aliphatic heterocycles.